The summed E-state index contributed by atoms with van der Waals surface area (Å²) in [7, 11) is -4.89. The maximum Gasteiger partial charge on any atom is 1.00 e. The first kappa shape index (κ1) is 24.5. The van der Waals surface area contributed by atoms with Crippen LogP contribution in [0.25, 0.3) is 0 Å². The molecule has 0 aromatic rings. The highest BCUT2D eigenvalue weighted by atomic mass is 31.2. The van der Waals surface area contributed by atoms with E-state index in [0.717, 1.165) is 0 Å². The minimum atomic E-state index is -4.89. The summed E-state index contributed by atoms with van der Waals surface area (Å²) >= 11 is 0. The van der Waals surface area contributed by atoms with Gasteiger partial charge in [-0.25, -0.2) is 0 Å². The molecule has 0 aromatic carbocycles. The molecule has 0 aliphatic carbocycles. The van der Waals surface area contributed by atoms with E-state index in [9.17, 15) is 0 Å². The summed E-state index contributed by atoms with van der Waals surface area (Å²) < 4.78 is 8.77. The largest absolute Gasteiger partial charge is 1.00 e. The van der Waals surface area contributed by atoms with Crippen LogP contribution in [0.1, 0.15) is 0 Å². The first-order valence-electron chi connectivity index (χ1n) is 0.765. The molecule has 0 aliphatic rings. The number of hydrogen-bond donors (Lipinski definition) is 4. The average molecular weight is 145 g/mol. The third kappa shape index (κ3) is 1490000. The van der Waals surface area contributed by atoms with Gasteiger partial charge in [-0.3, -0.25) is 4.57 Å². The molecule has 8 heteroatoms. The fraction of sp³-hybridized carbons (Fsp3) is 0. The summed E-state index contributed by atoms with van der Waals surface area (Å²) in [5.74, 6) is 0. The highest BCUT2D eigenvalue weighted by Crippen LogP contribution is 2.18. The lowest BCUT2D eigenvalue weighted by molar-refractivity contribution is -0.214. The predicted octanol–water partition coefficient (Wildman–Crippen LogP) is -1.72. The standard InChI is InChI=1S/2H3N.N.H3O4P/c;;;1-5(2,3)4/h2*1H3;;(H3,1,2,3,4)/q;;+1;/p-1. The lowest BCUT2D eigenvalue weighted by Gasteiger charge is -2.01. The van der Waals surface area contributed by atoms with Crippen LogP contribution >= 0.6 is 7.82 Å². The van der Waals surface area contributed by atoms with E-state index in [4.69, 9.17) is 19.2 Å². The summed E-state index contributed by atoms with van der Waals surface area (Å²) in [5.41, 5.74) is 0. The first-order chi connectivity index (χ1) is 2.00. The van der Waals surface area contributed by atoms with Crippen molar-refractivity contribution in [3.05, 3.63) is 0 Å². The minimum absolute atomic E-state index is 0. The third-order valence-corrected chi connectivity index (χ3v) is 0. The van der Waals surface area contributed by atoms with Gasteiger partial charge < -0.3 is 27.0 Å². The Balaban J connectivity index is -0.0000000267. The smallest absolute Gasteiger partial charge is 0.756 e. The third-order valence-electron chi connectivity index (χ3n) is 0. The van der Waals surface area contributed by atoms with Gasteiger partial charge in [-0.2, -0.15) is 0 Å². The van der Waals surface area contributed by atoms with Crippen LogP contribution in [-0.2, 0) is 4.57 Å². The lowest BCUT2D eigenvalue weighted by atomic mass is 14.0. The molecule has 52 valence electrons. The van der Waals surface area contributed by atoms with E-state index in [0.29, 0.717) is 0 Å². The summed E-state index contributed by atoms with van der Waals surface area (Å²) in [6, 6.07) is 0. The fourth-order valence-electron chi connectivity index (χ4n) is 0. The minimum Gasteiger partial charge on any atom is -0.756 e. The van der Waals surface area contributed by atoms with Crippen LogP contribution in [-0.4, -0.2) is 9.79 Å². The number of rotatable bonds is 0. The van der Waals surface area contributed by atoms with Gasteiger partial charge in [0.05, 0.1) is 0 Å². The highest BCUT2D eigenvalue weighted by Gasteiger charge is 1.82. The zero-order chi connectivity index (χ0) is 4.50. The molecule has 0 rings (SSSR count). The maximum absolute atomic E-state index is 8.77. The Labute approximate surface area is 46.7 Å². The van der Waals surface area contributed by atoms with Crippen molar-refractivity contribution in [2.24, 2.45) is 0 Å². The van der Waals surface area contributed by atoms with E-state index >= 15 is 0 Å². The Hall–Kier alpha value is -0.0100. The molecule has 0 amide bonds. The van der Waals surface area contributed by atoms with Crippen molar-refractivity contribution in [3.63, 3.8) is 0 Å². The normalized spacial score (nSPS) is 7.38. The molecule has 8 heavy (non-hydrogen) atoms. The van der Waals surface area contributed by atoms with Crippen molar-refractivity contribution in [2.45, 2.75) is 0 Å². The van der Waals surface area contributed by atoms with Crippen LogP contribution in [0.3, 0.4) is 0 Å². The maximum atomic E-state index is 8.77. The fourth-order valence-corrected chi connectivity index (χ4v) is 0. The van der Waals surface area contributed by atoms with Crippen molar-refractivity contribution < 1.29 is 19.2 Å². The molecule has 0 spiro atoms. The molecular formula is H8N3O4P. The van der Waals surface area contributed by atoms with Crippen LogP contribution in [0.15, 0.2) is 0 Å². The molecule has 8 N–H and O–H groups in total. The second-order valence-corrected chi connectivity index (χ2v) is 1.47. The molecule has 0 aromatic heterocycles. The Morgan fingerprint density at radius 1 is 1.25 bits per heavy atom. The highest BCUT2D eigenvalue weighted by molar-refractivity contribution is 7.43. The van der Waals surface area contributed by atoms with Gasteiger partial charge in [0, 0.05) is 0 Å². The van der Waals surface area contributed by atoms with Crippen LogP contribution in [0.5, 0.6) is 0 Å². The van der Waals surface area contributed by atoms with Gasteiger partial charge in [-0.05, 0) is 0 Å². The molecule has 0 bridgehead atoms. The second kappa shape index (κ2) is 6.99. The van der Waals surface area contributed by atoms with E-state index in [2.05, 4.69) is 0 Å². The summed E-state index contributed by atoms with van der Waals surface area (Å²) in [6.07, 6.45) is 0. The van der Waals surface area contributed by atoms with Gasteiger partial charge in [-0.15, -0.1) is 0 Å². The summed E-state index contributed by atoms with van der Waals surface area (Å²) in [6.45, 7) is 0. The van der Waals surface area contributed by atoms with Crippen LogP contribution in [0.2, 0.25) is 0 Å². The SMILES string of the molecule is N.N.O=P([O-])(O)O.[N+]. The number of nitrogens with zero attached hydrogens (tertiary/aromatic N) is 1. The van der Waals surface area contributed by atoms with Gasteiger partial charge in [0.1, 0.15) is 0 Å². The zero-order valence-corrected chi connectivity index (χ0v) is 4.91. The molecule has 0 atom stereocenters. The van der Waals surface area contributed by atoms with Gasteiger partial charge in [-0.1, -0.05) is 0 Å². The van der Waals surface area contributed by atoms with Crippen LogP contribution in [0.4, 0.5) is 0 Å². The molecule has 4 radical (unpaired) electrons. The van der Waals surface area contributed by atoms with Gasteiger partial charge in [0.2, 0.25) is 0 Å². The Morgan fingerprint density at radius 2 is 1.25 bits per heavy atom. The summed E-state index contributed by atoms with van der Waals surface area (Å²) in [5, 5.41) is 0. The molecule has 0 fully saturated rings. The van der Waals surface area contributed by atoms with Crippen LogP contribution in [0, 0.1) is 0 Å². The Morgan fingerprint density at radius 3 is 1.25 bits per heavy atom. The molecule has 0 unspecified atom stereocenters. The van der Waals surface area contributed by atoms with Crippen LogP contribution < -0.4 is 23.3 Å². The molecular weight excluding hydrogens is 137 g/mol. The lowest BCUT2D eigenvalue weighted by Crippen LogP contribution is -1.94. The van der Waals surface area contributed by atoms with E-state index in [1.165, 1.54) is 0 Å². The monoisotopic (exact) mass is 145 g/mol. The van der Waals surface area contributed by atoms with E-state index in [1.54, 1.807) is 0 Å². The van der Waals surface area contributed by atoms with Gasteiger partial charge in [0.15, 0.2) is 0 Å². The number of phosphoric acid groups is 1. The first-order valence-corrected chi connectivity index (χ1v) is 2.30. The quantitative estimate of drug-likeness (QED) is 0.294. The van der Waals surface area contributed by atoms with E-state index in [-0.39, 0.29) is 18.5 Å². The van der Waals surface area contributed by atoms with E-state index in [1.807, 2.05) is 0 Å². The average Bonchev–Trinajstić information content (AvgIpc) is 0.722. The topological polar surface area (TPSA) is 181 Å². The predicted molar refractivity (Wildman–Crippen MR) is 24.2 cm³/mol. The Bertz CT molecular complexity index is 57.4. The molecule has 0 saturated heterocycles. The Kier molecular flexibility index (Phi) is 21.4. The molecule has 7 nitrogen and oxygen atoms in total. The van der Waals surface area contributed by atoms with Crippen molar-refractivity contribution in [2.75, 3.05) is 0 Å². The van der Waals surface area contributed by atoms with Gasteiger partial charge >= 0.3 is 6.15 Å². The van der Waals surface area contributed by atoms with Crippen molar-refractivity contribution in [1.29, 1.82) is 0 Å². The van der Waals surface area contributed by atoms with Crippen molar-refractivity contribution in [1.82, 2.24) is 18.5 Å². The number of hydrogen-bond acceptors (Lipinski definition) is 4. The van der Waals surface area contributed by atoms with Crippen molar-refractivity contribution >= 4 is 7.82 Å². The van der Waals surface area contributed by atoms with Crippen molar-refractivity contribution in [3.8, 4) is 0 Å². The molecule has 0 aliphatic heterocycles. The zero-order valence-electron chi connectivity index (χ0n) is 4.02. The summed E-state index contributed by atoms with van der Waals surface area (Å²) in [4.78, 5) is 22.9. The second-order valence-electron chi connectivity index (χ2n) is 0.491. The van der Waals surface area contributed by atoms with Gasteiger partial charge in [0.25, 0.3) is 7.82 Å². The molecule has 0 saturated carbocycles. The molecule has 0 heterocycles. The van der Waals surface area contributed by atoms with E-state index < -0.39 is 7.82 Å².